The van der Waals surface area contributed by atoms with E-state index in [-0.39, 0.29) is 11.6 Å². The number of H-pyrrole nitrogens is 1. The van der Waals surface area contributed by atoms with E-state index < -0.39 is 11.5 Å². The Morgan fingerprint density at radius 2 is 2.10 bits per heavy atom. The molecule has 0 saturated heterocycles. The molecular formula is C14H16N4O2. The van der Waals surface area contributed by atoms with Gasteiger partial charge in [-0.3, -0.25) is 14.6 Å². The first kappa shape index (κ1) is 13.9. The minimum atomic E-state index is -0.431. The number of amides is 1. The highest BCUT2D eigenvalue weighted by Crippen LogP contribution is 2.15. The first-order chi connectivity index (χ1) is 9.61. The van der Waals surface area contributed by atoms with Crippen LogP contribution in [0.3, 0.4) is 0 Å². The topological polar surface area (TPSA) is 87.7 Å². The molecule has 0 spiro atoms. The predicted molar refractivity (Wildman–Crippen MR) is 74.3 cm³/mol. The minimum Gasteiger partial charge on any atom is -0.345 e. The number of carbonyl (C=O) groups is 1. The fraction of sp³-hybridized carbons (Fsp3) is 0.286. The Morgan fingerprint density at radius 1 is 1.40 bits per heavy atom. The lowest BCUT2D eigenvalue weighted by molar-refractivity contribution is 0.0933. The second-order valence-corrected chi connectivity index (χ2v) is 4.43. The number of rotatable bonds is 4. The third-order valence-electron chi connectivity index (χ3n) is 2.99. The van der Waals surface area contributed by atoms with E-state index >= 15 is 0 Å². The average Bonchev–Trinajstić information content (AvgIpc) is 2.45. The summed E-state index contributed by atoms with van der Waals surface area (Å²) < 4.78 is 0. The van der Waals surface area contributed by atoms with Gasteiger partial charge in [-0.2, -0.15) is 0 Å². The molecule has 2 aromatic rings. The molecule has 0 saturated carbocycles. The summed E-state index contributed by atoms with van der Waals surface area (Å²) in [6.45, 7) is 3.62. The van der Waals surface area contributed by atoms with Gasteiger partial charge in [0.2, 0.25) is 0 Å². The number of aryl methyl sites for hydroxylation is 1. The van der Waals surface area contributed by atoms with Gasteiger partial charge in [0.25, 0.3) is 11.5 Å². The van der Waals surface area contributed by atoms with Gasteiger partial charge in [-0.25, -0.2) is 4.98 Å². The van der Waals surface area contributed by atoms with Crippen molar-refractivity contribution < 1.29 is 4.79 Å². The van der Waals surface area contributed by atoms with Crippen molar-refractivity contribution in [2.75, 3.05) is 0 Å². The van der Waals surface area contributed by atoms with E-state index in [4.69, 9.17) is 0 Å². The van der Waals surface area contributed by atoms with Crippen molar-refractivity contribution in [1.82, 2.24) is 20.3 Å². The molecule has 0 aromatic carbocycles. The Labute approximate surface area is 116 Å². The number of hydrogen-bond donors (Lipinski definition) is 2. The third kappa shape index (κ3) is 3.09. The molecule has 0 aliphatic rings. The zero-order valence-corrected chi connectivity index (χ0v) is 11.4. The molecular weight excluding hydrogens is 256 g/mol. The molecule has 6 heteroatoms. The predicted octanol–water partition coefficient (Wildman–Crippen LogP) is 1.35. The van der Waals surface area contributed by atoms with E-state index in [1.807, 2.05) is 19.1 Å². The van der Waals surface area contributed by atoms with Crippen LogP contribution in [0, 0.1) is 6.92 Å². The van der Waals surface area contributed by atoms with E-state index in [9.17, 15) is 9.59 Å². The van der Waals surface area contributed by atoms with Gasteiger partial charge in [0.05, 0.1) is 6.04 Å². The van der Waals surface area contributed by atoms with Crippen LogP contribution in [0.5, 0.6) is 0 Å². The quantitative estimate of drug-likeness (QED) is 0.879. The fourth-order valence-electron chi connectivity index (χ4n) is 1.90. The molecule has 0 fully saturated rings. The maximum Gasteiger partial charge on any atom is 0.263 e. The van der Waals surface area contributed by atoms with E-state index in [1.165, 1.54) is 6.20 Å². The highest BCUT2D eigenvalue weighted by molar-refractivity contribution is 5.93. The molecule has 0 aliphatic heterocycles. The summed E-state index contributed by atoms with van der Waals surface area (Å²) in [6.07, 6.45) is 5.35. The largest absolute Gasteiger partial charge is 0.345 e. The summed E-state index contributed by atoms with van der Waals surface area (Å²) in [5, 5.41) is 2.83. The summed E-state index contributed by atoms with van der Waals surface area (Å²) in [7, 11) is 0. The lowest BCUT2D eigenvalue weighted by Gasteiger charge is -2.16. The van der Waals surface area contributed by atoms with Crippen molar-refractivity contribution in [3.05, 3.63) is 58.0 Å². The van der Waals surface area contributed by atoms with Crippen LogP contribution in [-0.4, -0.2) is 20.9 Å². The molecule has 2 rings (SSSR count). The molecule has 0 bridgehead atoms. The Kier molecular flexibility index (Phi) is 4.24. The van der Waals surface area contributed by atoms with Gasteiger partial charge in [-0.15, -0.1) is 0 Å². The van der Waals surface area contributed by atoms with Crippen LogP contribution in [0.2, 0.25) is 0 Å². The number of aromatic amines is 1. The lowest BCUT2D eigenvalue weighted by Crippen LogP contribution is -2.33. The van der Waals surface area contributed by atoms with Gasteiger partial charge >= 0.3 is 0 Å². The van der Waals surface area contributed by atoms with Crippen molar-refractivity contribution in [3.8, 4) is 0 Å². The molecule has 2 aromatic heterocycles. The van der Waals surface area contributed by atoms with Crippen molar-refractivity contribution in [2.45, 2.75) is 26.3 Å². The molecule has 2 heterocycles. The van der Waals surface area contributed by atoms with E-state index in [1.54, 1.807) is 19.3 Å². The Bertz CT molecular complexity index is 652. The van der Waals surface area contributed by atoms with Gasteiger partial charge in [0, 0.05) is 18.6 Å². The highest BCUT2D eigenvalue weighted by Gasteiger charge is 2.16. The summed E-state index contributed by atoms with van der Waals surface area (Å²) in [5.74, 6) is 0.0511. The summed E-state index contributed by atoms with van der Waals surface area (Å²) >= 11 is 0. The first-order valence-corrected chi connectivity index (χ1v) is 6.38. The lowest BCUT2D eigenvalue weighted by atomic mass is 10.1. The second-order valence-electron chi connectivity index (χ2n) is 4.43. The van der Waals surface area contributed by atoms with Gasteiger partial charge in [-0.05, 0) is 31.0 Å². The van der Waals surface area contributed by atoms with Crippen LogP contribution >= 0.6 is 0 Å². The van der Waals surface area contributed by atoms with Crippen LogP contribution in [0.25, 0.3) is 0 Å². The monoisotopic (exact) mass is 272 g/mol. The molecule has 2 N–H and O–H groups in total. The second kappa shape index (κ2) is 6.10. The number of hydrogen-bond acceptors (Lipinski definition) is 4. The molecule has 0 aliphatic carbocycles. The standard InChI is InChI=1S/C14H16N4O2/c1-3-12(10-4-6-15-7-5-10)18-14(20)11-8-16-9(2)17-13(11)19/h4-8,12H,3H2,1-2H3,(H,18,20)(H,16,17,19)/t12-/m1/s1. The van der Waals surface area contributed by atoms with Crippen molar-refractivity contribution in [3.63, 3.8) is 0 Å². The fourth-order valence-corrected chi connectivity index (χ4v) is 1.90. The Morgan fingerprint density at radius 3 is 2.70 bits per heavy atom. The number of nitrogens with zero attached hydrogens (tertiary/aromatic N) is 2. The molecule has 0 radical (unpaired) electrons. The zero-order chi connectivity index (χ0) is 14.5. The maximum absolute atomic E-state index is 12.1. The number of pyridine rings is 1. The number of aromatic nitrogens is 3. The minimum absolute atomic E-state index is 0.0168. The Hall–Kier alpha value is -2.50. The van der Waals surface area contributed by atoms with Gasteiger partial charge in [-0.1, -0.05) is 6.92 Å². The first-order valence-electron chi connectivity index (χ1n) is 6.38. The highest BCUT2D eigenvalue weighted by atomic mass is 16.2. The molecule has 104 valence electrons. The summed E-state index contributed by atoms with van der Waals surface area (Å²) in [6, 6.07) is 3.52. The van der Waals surface area contributed by atoms with E-state index in [2.05, 4.69) is 20.3 Å². The van der Waals surface area contributed by atoms with Crippen molar-refractivity contribution in [1.29, 1.82) is 0 Å². The van der Waals surface area contributed by atoms with Crippen LogP contribution < -0.4 is 10.9 Å². The zero-order valence-electron chi connectivity index (χ0n) is 11.4. The average molecular weight is 272 g/mol. The van der Waals surface area contributed by atoms with Crippen LogP contribution in [0.1, 0.15) is 41.1 Å². The maximum atomic E-state index is 12.1. The Balaban J connectivity index is 2.20. The summed E-state index contributed by atoms with van der Waals surface area (Å²) in [4.78, 5) is 34.3. The van der Waals surface area contributed by atoms with Gasteiger partial charge in [0.15, 0.2) is 0 Å². The van der Waals surface area contributed by atoms with Crippen molar-refractivity contribution in [2.24, 2.45) is 0 Å². The van der Waals surface area contributed by atoms with Gasteiger partial charge < -0.3 is 10.3 Å². The third-order valence-corrected chi connectivity index (χ3v) is 2.99. The van der Waals surface area contributed by atoms with E-state index in [0.717, 1.165) is 5.56 Å². The molecule has 20 heavy (non-hydrogen) atoms. The SMILES string of the molecule is CC[C@@H](NC(=O)c1cnc(C)[nH]c1=O)c1ccncc1. The van der Waals surface area contributed by atoms with Crippen LogP contribution in [-0.2, 0) is 0 Å². The molecule has 1 atom stereocenters. The molecule has 6 nitrogen and oxygen atoms in total. The number of carbonyl (C=O) groups excluding carboxylic acids is 1. The smallest absolute Gasteiger partial charge is 0.263 e. The number of nitrogens with one attached hydrogen (secondary N) is 2. The normalized spacial score (nSPS) is 11.9. The molecule has 1 amide bonds. The van der Waals surface area contributed by atoms with Crippen molar-refractivity contribution >= 4 is 5.91 Å². The van der Waals surface area contributed by atoms with Crippen LogP contribution in [0.15, 0.2) is 35.5 Å². The summed E-state index contributed by atoms with van der Waals surface area (Å²) in [5.41, 5.74) is 0.537. The molecule has 0 unspecified atom stereocenters. The van der Waals surface area contributed by atoms with Gasteiger partial charge in [0.1, 0.15) is 11.4 Å². The van der Waals surface area contributed by atoms with E-state index in [0.29, 0.717) is 12.2 Å². The van der Waals surface area contributed by atoms with Crippen LogP contribution in [0.4, 0.5) is 0 Å².